The summed E-state index contributed by atoms with van der Waals surface area (Å²) in [4.78, 5) is 18.1. The molecule has 0 radical (unpaired) electrons. The summed E-state index contributed by atoms with van der Waals surface area (Å²) in [5, 5.41) is 0.466. The molecule has 0 bridgehead atoms. The zero-order valence-electron chi connectivity index (χ0n) is 11.2. The van der Waals surface area contributed by atoms with Crippen LogP contribution in [0.1, 0.15) is 13.8 Å². The number of hydrogen-bond donors (Lipinski definition) is 1. The van der Waals surface area contributed by atoms with E-state index in [1.807, 2.05) is 18.7 Å². The van der Waals surface area contributed by atoms with E-state index < -0.39 is 0 Å². The summed E-state index contributed by atoms with van der Waals surface area (Å²) in [6, 6.07) is 1.73. The first-order valence-corrected chi connectivity index (χ1v) is 6.55. The van der Waals surface area contributed by atoms with Crippen LogP contribution in [0.5, 0.6) is 11.8 Å². The highest BCUT2D eigenvalue weighted by Gasteiger charge is 2.11. The van der Waals surface area contributed by atoms with Crippen LogP contribution in [0.25, 0.3) is 0 Å². The number of rotatable bonds is 5. The second-order valence-corrected chi connectivity index (χ2v) is 4.33. The smallest absolute Gasteiger partial charge is 0.328 e. The SMILES string of the molecule is CCN(CC)c1nc(N)nc(Oc2cncc(Cl)c2)n1. The van der Waals surface area contributed by atoms with E-state index in [1.54, 1.807) is 6.07 Å². The molecular formula is C12H15ClN6O. The predicted octanol–water partition coefficient (Wildman–Crippen LogP) is 2.14. The molecule has 106 valence electrons. The molecule has 0 fully saturated rings. The van der Waals surface area contributed by atoms with Gasteiger partial charge in [-0.2, -0.15) is 15.0 Å². The van der Waals surface area contributed by atoms with Gasteiger partial charge in [0.15, 0.2) is 5.75 Å². The monoisotopic (exact) mass is 294 g/mol. The maximum Gasteiger partial charge on any atom is 0.328 e. The van der Waals surface area contributed by atoms with Crippen LogP contribution in [-0.4, -0.2) is 33.0 Å². The van der Waals surface area contributed by atoms with Crippen LogP contribution in [0.3, 0.4) is 0 Å². The first-order valence-electron chi connectivity index (χ1n) is 6.17. The highest BCUT2D eigenvalue weighted by Crippen LogP contribution is 2.22. The van der Waals surface area contributed by atoms with E-state index in [-0.39, 0.29) is 12.0 Å². The first kappa shape index (κ1) is 14.3. The maximum atomic E-state index is 5.84. The molecule has 0 aromatic carbocycles. The van der Waals surface area contributed by atoms with E-state index in [9.17, 15) is 0 Å². The molecule has 0 amide bonds. The number of hydrogen-bond acceptors (Lipinski definition) is 7. The van der Waals surface area contributed by atoms with E-state index in [0.717, 1.165) is 13.1 Å². The maximum absolute atomic E-state index is 5.84. The topological polar surface area (TPSA) is 90.1 Å². The molecule has 0 aliphatic heterocycles. The van der Waals surface area contributed by atoms with Crippen molar-refractivity contribution in [2.45, 2.75) is 13.8 Å². The molecule has 7 nitrogen and oxygen atoms in total. The summed E-state index contributed by atoms with van der Waals surface area (Å²) in [5.74, 6) is 1.02. The average molecular weight is 295 g/mol. The van der Waals surface area contributed by atoms with Crippen LogP contribution >= 0.6 is 11.6 Å². The molecule has 0 aliphatic rings. The Morgan fingerprint density at radius 1 is 1.20 bits per heavy atom. The van der Waals surface area contributed by atoms with Crippen molar-refractivity contribution in [2.75, 3.05) is 23.7 Å². The van der Waals surface area contributed by atoms with Gasteiger partial charge in [-0.3, -0.25) is 4.98 Å². The van der Waals surface area contributed by atoms with Crippen molar-refractivity contribution < 1.29 is 4.74 Å². The fourth-order valence-corrected chi connectivity index (χ4v) is 1.77. The Morgan fingerprint density at radius 3 is 2.60 bits per heavy atom. The summed E-state index contributed by atoms with van der Waals surface area (Å²) < 4.78 is 5.50. The lowest BCUT2D eigenvalue weighted by Gasteiger charge is -2.18. The summed E-state index contributed by atoms with van der Waals surface area (Å²) in [6.07, 6.45) is 3.03. The minimum absolute atomic E-state index is 0.104. The van der Waals surface area contributed by atoms with Gasteiger partial charge >= 0.3 is 6.01 Å². The van der Waals surface area contributed by atoms with Crippen LogP contribution in [0.2, 0.25) is 5.02 Å². The number of anilines is 2. The largest absolute Gasteiger partial charge is 0.422 e. The van der Waals surface area contributed by atoms with Crippen LogP contribution < -0.4 is 15.4 Å². The molecule has 2 aromatic rings. The van der Waals surface area contributed by atoms with Crippen molar-refractivity contribution in [3.05, 3.63) is 23.5 Å². The van der Waals surface area contributed by atoms with Gasteiger partial charge in [0, 0.05) is 25.4 Å². The summed E-state index contributed by atoms with van der Waals surface area (Å²) >= 11 is 5.84. The van der Waals surface area contributed by atoms with E-state index in [4.69, 9.17) is 22.1 Å². The van der Waals surface area contributed by atoms with Crippen molar-refractivity contribution in [3.63, 3.8) is 0 Å². The molecule has 2 aromatic heterocycles. The molecule has 0 atom stereocenters. The Bertz CT molecular complexity index is 590. The van der Waals surface area contributed by atoms with Crippen LogP contribution in [-0.2, 0) is 0 Å². The van der Waals surface area contributed by atoms with Gasteiger partial charge in [0.2, 0.25) is 11.9 Å². The van der Waals surface area contributed by atoms with E-state index in [1.165, 1.54) is 12.4 Å². The van der Waals surface area contributed by atoms with Crippen molar-refractivity contribution >= 4 is 23.5 Å². The van der Waals surface area contributed by atoms with E-state index in [2.05, 4.69) is 19.9 Å². The molecule has 2 N–H and O–H groups in total. The van der Waals surface area contributed by atoms with E-state index in [0.29, 0.717) is 16.7 Å². The summed E-state index contributed by atoms with van der Waals surface area (Å²) in [5.41, 5.74) is 5.68. The van der Waals surface area contributed by atoms with Crippen molar-refractivity contribution in [1.29, 1.82) is 0 Å². The lowest BCUT2D eigenvalue weighted by Crippen LogP contribution is -2.25. The summed E-state index contributed by atoms with van der Waals surface area (Å²) in [7, 11) is 0. The Labute approximate surface area is 121 Å². The molecule has 0 spiro atoms. The van der Waals surface area contributed by atoms with Gasteiger partial charge in [0.05, 0.1) is 11.2 Å². The number of pyridine rings is 1. The second kappa shape index (κ2) is 6.33. The van der Waals surface area contributed by atoms with E-state index >= 15 is 0 Å². The first-order chi connectivity index (χ1) is 9.62. The number of halogens is 1. The highest BCUT2D eigenvalue weighted by atomic mass is 35.5. The Kier molecular flexibility index (Phi) is 4.52. The lowest BCUT2D eigenvalue weighted by atomic mass is 10.5. The third kappa shape index (κ3) is 3.45. The Morgan fingerprint density at radius 2 is 1.95 bits per heavy atom. The normalized spacial score (nSPS) is 10.3. The minimum Gasteiger partial charge on any atom is -0.422 e. The molecule has 8 heteroatoms. The molecule has 0 saturated carbocycles. The van der Waals surface area contributed by atoms with Gasteiger partial charge < -0.3 is 15.4 Å². The quantitative estimate of drug-likeness (QED) is 0.903. The van der Waals surface area contributed by atoms with Crippen LogP contribution in [0.15, 0.2) is 18.5 Å². The minimum atomic E-state index is 0.104. The van der Waals surface area contributed by atoms with Crippen LogP contribution in [0, 0.1) is 0 Å². The van der Waals surface area contributed by atoms with Gasteiger partial charge in [-0.25, -0.2) is 0 Å². The zero-order valence-corrected chi connectivity index (χ0v) is 12.0. The Balaban J connectivity index is 2.28. The fourth-order valence-electron chi connectivity index (χ4n) is 1.61. The van der Waals surface area contributed by atoms with Crippen LogP contribution in [0.4, 0.5) is 11.9 Å². The van der Waals surface area contributed by atoms with Gasteiger partial charge in [0.1, 0.15) is 0 Å². The second-order valence-electron chi connectivity index (χ2n) is 3.89. The van der Waals surface area contributed by atoms with Crippen molar-refractivity contribution in [3.8, 4) is 11.8 Å². The molecular weight excluding hydrogens is 280 g/mol. The van der Waals surface area contributed by atoms with Crippen molar-refractivity contribution in [2.24, 2.45) is 0 Å². The van der Waals surface area contributed by atoms with Gasteiger partial charge in [-0.1, -0.05) is 11.6 Å². The number of nitrogens with zero attached hydrogens (tertiary/aromatic N) is 5. The number of ether oxygens (including phenoxy) is 1. The zero-order chi connectivity index (χ0) is 14.5. The van der Waals surface area contributed by atoms with Gasteiger partial charge in [-0.15, -0.1) is 0 Å². The molecule has 0 saturated heterocycles. The lowest BCUT2D eigenvalue weighted by molar-refractivity contribution is 0.438. The molecule has 0 unspecified atom stereocenters. The van der Waals surface area contributed by atoms with Gasteiger partial charge in [0.25, 0.3) is 0 Å². The molecule has 2 rings (SSSR count). The third-order valence-corrected chi connectivity index (χ3v) is 2.76. The van der Waals surface area contributed by atoms with Crippen molar-refractivity contribution in [1.82, 2.24) is 19.9 Å². The highest BCUT2D eigenvalue weighted by molar-refractivity contribution is 6.30. The Hall–Kier alpha value is -2.15. The fraction of sp³-hybridized carbons (Fsp3) is 0.333. The number of aromatic nitrogens is 4. The standard InChI is InChI=1S/C12H15ClN6O/c1-3-19(4-2)11-16-10(14)17-12(18-11)20-9-5-8(13)6-15-7-9/h5-7H,3-4H2,1-2H3,(H2,14,16,17,18). The predicted molar refractivity (Wildman–Crippen MR) is 77.1 cm³/mol. The molecule has 20 heavy (non-hydrogen) atoms. The number of nitrogens with two attached hydrogens (primary N) is 1. The molecule has 0 aliphatic carbocycles. The average Bonchev–Trinajstić information content (AvgIpc) is 2.39. The molecule has 2 heterocycles. The summed E-state index contributed by atoms with van der Waals surface area (Å²) in [6.45, 7) is 5.53. The van der Waals surface area contributed by atoms with Gasteiger partial charge in [-0.05, 0) is 13.8 Å². The third-order valence-electron chi connectivity index (χ3n) is 2.56. The number of nitrogen functional groups attached to an aromatic ring is 1.